The van der Waals surface area contributed by atoms with Crippen LogP contribution in [0, 0.1) is 0 Å². The van der Waals surface area contributed by atoms with Gasteiger partial charge in [-0.1, -0.05) is 41.5 Å². The average Bonchev–Trinajstić information content (AvgIpc) is 2.70. The topological polar surface area (TPSA) is 43.8 Å². The first kappa shape index (κ1) is 12.4. The molecule has 0 radical (unpaired) electrons. The van der Waals surface area contributed by atoms with E-state index in [1.807, 2.05) is 10.6 Å². The van der Waals surface area contributed by atoms with Gasteiger partial charge in [-0.25, -0.2) is 4.98 Å². The maximum absolute atomic E-state index is 6.10. The van der Waals surface area contributed by atoms with Gasteiger partial charge in [-0.15, -0.1) is 0 Å². The van der Waals surface area contributed by atoms with Crippen LogP contribution in [0.4, 0.5) is 0 Å². The SMILES string of the molecule is NC(=S)c1nccn1Cc1ccc(Cl)cc1Cl. The maximum atomic E-state index is 6.10. The fourth-order valence-electron chi connectivity index (χ4n) is 1.50. The Bertz CT molecular complexity index is 566. The molecule has 0 saturated carbocycles. The van der Waals surface area contributed by atoms with Gasteiger partial charge in [0, 0.05) is 22.4 Å². The van der Waals surface area contributed by atoms with Gasteiger partial charge in [0.25, 0.3) is 0 Å². The quantitative estimate of drug-likeness (QED) is 0.882. The van der Waals surface area contributed by atoms with Gasteiger partial charge in [-0.2, -0.15) is 0 Å². The molecule has 2 rings (SSSR count). The third kappa shape index (κ3) is 2.77. The minimum Gasteiger partial charge on any atom is -0.387 e. The van der Waals surface area contributed by atoms with E-state index < -0.39 is 0 Å². The first-order chi connectivity index (χ1) is 8.08. The lowest BCUT2D eigenvalue weighted by Gasteiger charge is -2.08. The van der Waals surface area contributed by atoms with Gasteiger partial charge in [-0.3, -0.25) is 0 Å². The summed E-state index contributed by atoms with van der Waals surface area (Å²) in [6.45, 7) is 0.558. The van der Waals surface area contributed by atoms with E-state index in [0.717, 1.165) is 5.56 Å². The van der Waals surface area contributed by atoms with Crippen LogP contribution in [0.5, 0.6) is 0 Å². The number of imidazole rings is 1. The van der Waals surface area contributed by atoms with Crippen molar-refractivity contribution in [3.63, 3.8) is 0 Å². The Balaban J connectivity index is 2.31. The molecule has 17 heavy (non-hydrogen) atoms. The summed E-state index contributed by atoms with van der Waals surface area (Å²) in [5.41, 5.74) is 6.51. The summed E-state index contributed by atoms with van der Waals surface area (Å²) in [5.74, 6) is 0.575. The molecule has 2 aromatic rings. The van der Waals surface area contributed by atoms with Crippen molar-refractivity contribution in [2.24, 2.45) is 5.73 Å². The van der Waals surface area contributed by atoms with Gasteiger partial charge in [-0.05, 0) is 17.7 Å². The highest BCUT2D eigenvalue weighted by atomic mass is 35.5. The predicted molar refractivity (Wildman–Crippen MR) is 73.7 cm³/mol. The number of aromatic nitrogens is 2. The van der Waals surface area contributed by atoms with Gasteiger partial charge in [0.15, 0.2) is 5.82 Å². The molecule has 0 fully saturated rings. The van der Waals surface area contributed by atoms with Crippen LogP contribution in [0.3, 0.4) is 0 Å². The van der Waals surface area contributed by atoms with Crippen molar-refractivity contribution in [1.82, 2.24) is 9.55 Å². The van der Waals surface area contributed by atoms with Crippen molar-refractivity contribution in [2.75, 3.05) is 0 Å². The smallest absolute Gasteiger partial charge is 0.167 e. The number of hydrogen-bond acceptors (Lipinski definition) is 2. The Morgan fingerprint density at radius 3 is 2.82 bits per heavy atom. The van der Waals surface area contributed by atoms with E-state index in [-0.39, 0.29) is 4.99 Å². The highest BCUT2D eigenvalue weighted by Gasteiger charge is 2.08. The number of nitrogens with zero attached hydrogens (tertiary/aromatic N) is 2. The summed E-state index contributed by atoms with van der Waals surface area (Å²) >= 11 is 16.8. The van der Waals surface area contributed by atoms with E-state index in [1.165, 1.54) is 0 Å². The van der Waals surface area contributed by atoms with Gasteiger partial charge in [0.1, 0.15) is 4.99 Å². The molecule has 0 saturated heterocycles. The molecule has 6 heteroatoms. The van der Waals surface area contributed by atoms with E-state index in [4.69, 9.17) is 41.2 Å². The molecule has 0 aliphatic heterocycles. The number of rotatable bonds is 3. The predicted octanol–water partition coefficient (Wildman–Crippen LogP) is 2.87. The molecule has 0 atom stereocenters. The summed E-state index contributed by atoms with van der Waals surface area (Å²) in [7, 11) is 0. The zero-order valence-electron chi connectivity index (χ0n) is 8.73. The van der Waals surface area contributed by atoms with Crippen LogP contribution in [0.2, 0.25) is 10.0 Å². The van der Waals surface area contributed by atoms with Gasteiger partial charge >= 0.3 is 0 Å². The molecule has 0 unspecified atom stereocenters. The monoisotopic (exact) mass is 285 g/mol. The summed E-state index contributed by atoms with van der Waals surface area (Å²) < 4.78 is 1.84. The van der Waals surface area contributed by atoms with Crippen LogP contribution in [0.15, 0.2) is 30.6 Å². The lowest BCUT2D eigenvalue weighted by Crippen LogP contribution is -2.17. The fraction of sp³-hybridized carbons (Fsp3) is 0.0909. The summed E-state index contributed by atoms with van der Waals surface area (Å²) in [6.07, 6.45) is 3.46. The largest absolute Gasteiger partial charge is 0.387 e. The number of hydrogen-bond donors (Lipinski definition) is 1. The molecular formula is C11H9Cl2N3S. The molecule has 3 nitrogen and oxygen atoms in total. The third-order valence-corrected chi connectivity index (χ3v) is 3.06. The normalized spacial score (nSPS) is 10.5. The van der Waals surface area contributed by atoms with Gasteiger partial charge in [0.05, 0.1) is 6.54 Å². The Labute approximate surface area is 114 Å². The molecular weight excluding hydrogens is 277 g/mol. The molecule has 0 aliphatic carbocycles. The van der Waals surface area contributed by atoms with Crippen molar-refractivity contribution in [3.05, 3.63) is 52.0 Å². The van der Waals surface area contributed by atoms with Crippen LogP contribution < -0.4 is 5.73 Å². The van der Waals surface area contributed by atoms with Crippen molar-refractivity contribution in [2.45, 2.75) is 6.54 Å². The van der Waals surface area contributed by atoms with Crippen molar-refractivity contribution in [3.8, 4) is 0 Å². The van der Waals surface area contributed by atoms with E-state index in [2.05, 4.69) is 4.98 Å². The van der Waals surface area contributed by atoms with Crippen molar-refractivity contribution < 1.29 is 0 Å². The Hall–Kier alpha value is -1.10. The second kappa shape index (κ2) is 5.04. The zero-order chi connectivity index (χ0) is 12.4. The molecule has 0 amide bonds. The minimum atomic E-state index is 0.264. The van der Waals surface area contributed by atoms with Crippen LogP contribution in [-0.2, 0) is 6.54 Å². The molecule has 1 aromatic heterocycles. The number of thiocarbonyl (C=S) groups is 1. The molecule has 0 spiro atoms. The average molecular weight is 286 g/mol. The van der Waals surface area contributed by atoms with Crippen LogP contribution >= 0.6 is 35.4 Å². The van der Waals surface area contributed by atoms with Gasteiger partial charge < -0.3 is 10.3 Å². The third-order valence-electron chi connectivity index (χ3n) is 2.29. The highest BCUT2D eigenvalue weighted by molar-refractivity contribution is 7.80. The lowest BCUT2D eigenvalue weighted by atomic mass is 10.2. The Kier molecular flexibility index (Phi) is 3.66. The Morgan fingerprint density at radius 1 is 1.41 bits per heavy atom. The van der Waals surface area contributed by atoms with Crippen molar-refractivity contribution >= 4 is 40.4 Å². The first-order valence-electron chi connectivity index (χ1n) is 4.83. The van der Waals surface area contributed by atoms with E-state index in [0.29, 0.717) is 22.4 Å². The summed E-state index contributed by atoms with van der Waals surface area (Å²) in [6, 6.07) is 5.37. The highest BCUT2D eigenvalue weighted by Crippen LogP contribution is 2.22. The molecule has 0 bridgehead atoms. The summed E-state index contributed by atoms with van der Waals surface area (Å²) in [4.78, 5) is 4.35. The number of benzene rings is 1. The fourth-order valence-corrected chi connectivity index (χ4v) is 2.13. The standard InChI is InChI=1S/C11H9Cl2N3S/c12-8-2-1-7(9(13)5-8)6-16-4-3-15-11(16)10(14)17/h1-5H,6H2,(H2,14,17). The number of halogens is 2. The zero-order valence-corrected chi connectivity index (χ0v) is 11.1. The van der Waals surface area contributed by atoms with Crippen LogP contribution in [0.25, 0.3) is 0 Å². The second-order valence-electron chi connectivity index (χ2n) is 3.48. The van der Waals surface area contributed by atoms with Gasteiger partial charge in [0.2, 0.25) is 0 Å². The minimum absolute atomic E-state index is 0.264. The van der Waals surface area contributed by atoms with Crippen LogP contribution in [0.1, 0.15) is 11.4 Å². The summed E-state index contributed by atoms with van der Waals surface area (Å²) in [5, 5.41) is 1.22. The van der Waals surface area contributed by atoms with E-state index in [9.17, 15) is 0 Å². The van der Waals surface area contributed by atoms with Crippen molar-refractivity contribution in [1.29, 1.82) is 0 Å². The molecule has 88 valence electrons. The molecule has 1 heterocycles. The lowest BCUT2D eigenvalue weighted by molar-refractivity contribution is 0.788. The second-order valence-corrected chi connectivity index (χ2v) is 4.76. The molecule has 2 N–H and O–H groups in total. The van der Waals surface area contributed by atoms with E-state index in [1.54, 1.807) is 24.5 Å². The van der Waals surface area contributed by atoms with Crippen LogP contribution in [-0.4, -0.2) is 14.5 Å². The first-order valence-corrected chi connectivity index (χ1v) is 5.99. The Morgan fingerprint density at radius 2 is 2.18 bits per heavy atom. The van der Waals surface area contributed by atoms with E-state index >= 15 is 0 Å². The molecule has 0 aliphatic rings. The number of nitrogens with two attached hydrogens (primary N) is 1. The molecule has 1 aromatic carbocycles. The maximum Gasteiger partial charge on any atom is 0.167 e.